The van der Waals surface area contributed by atoms with E-state index >= 15 is 0 Å². The van der Waals surface area contributed by atoms with Gasteiger partial charge in [0, 0.05) is 11.8 Å². The maximum absolute atomic E-state index is 11.9. The van der Waals surface area contributed by atoms with Crippen LogP contribution in [0.1, 0.15) is 10.4 Å². The Balaban J connectivity index is 2.14. The summed E-state index contributed by atoms with van der Waals surface area (Å²) in [7, 11) is 1.57. The van der Waals surface area contributed by atoms with Gasteiger partial charge in [-0.1, -0.05) is 11.6 Å². The molecule has 0 spiro atoms. The Bertz CT molecular complexity index is 555. The lowest BCUT2D eigenvalue weighted by Gasteiger charge is -2.06. The van der Waals surface area contributed by atoms with Gasteiger partial charge in [0.15, 0.2) is 5.15 Å². The highest BCUT2D eigenvalue weighted by atomic mass is 35.5. The summed E-state index contributed by atoms with van der Waals surface area (Å²) in [6.45, 7) is 0. The number of hydrogen-bond acceptors (Lipinski definition) is 3. The number of hydrogen-bond donors (Lipinski definition) is 1. The fraction of sp³-hybridized carbons (Fsp3) is 0.0769. The summed E-state index contributed by atoms with van der Waals surface area (Å²) in [4.78, 5) is 15.8. The second kappa shape index (κ2) is 5.51. The third-order valence-corrected chi connectivity index (χ3v) is 2.66. The quantitative estimate of drug-likeness (QED) is 0.865. The number of nitrogens with zero attached hydrogens (tertiary/aromatic N) is 1. The van der Waals surface area contributed by atoms with Gasteiger partial charge in [-0.05, 0) is 36.4 Å². The number of nitrogens with one attached hydrogen (secondary N) is 1. The average Bonchev–Trinajstić information content (AvgIpc) is 2.41. The topological polar surface area (TPSA) is 51.2 Å². The molecular weight excluding hydrogens is 252 g/mol. The number of rotatable bonds is 3. The van der Waals surface area contributed by atoms with Crippen LogP contribution in [-0.2, 0) is 0 Å². The Morgan fingerprint density at radius 2 is 2.00 bits per heavy atom. The molecule has 0 saturated carbocycles. The lowest BCUT2D eigenvalue weighted by Crippen LogP contribution is -2.12. The zero-order valence-electron chi connectivity index (χ0n) is 9.68. The van der Waals surface area contributed by atoms with Crippen molar-refractivity contribution in [3.63, 3.8) is 0 Å². The van der Waals surface area contributed by atoms with Gasteiger partial charge >= 0.3 is 0 Å². The van der Waals surface area contributed by atoms with Crippen molar-refractivity contribution in [1.29, 1.82) is 0 Å². The van der Waals surface area contributed by atoms with E-state index in [9.17, 15) is 4.79 Å². The number of carbonyl (C=O) groups excluding carboxylic acids is 1. The van der Waals surface area contributed by atoms with Crippen LogP contribution in [0.15, 0.2) is 42.6 Å². The minimum atomic E-state index is -0.243. The van der Waals surface area contributed by atoms with E-state index in [0.717, 1.165) is 0 Å². The molecule has 0 aliphatic carbocycles. The zero-order valence-corrected chi connectivity index (χ0v) is 10.4. The molecule has 1 heterocycles. The third kappa shape index (κ3) is 2.78. The van der Waals surface area contributed by atoms with Crippen molar-refractivity contribution >= 4 is 23.2 Å². The van der Waals surface area contributed by atoms with Crippen molar-refractivity contribution in [3.05, 3.63) is 53.3 Å². The van der Waals surface area contributed by atoms with Gasteiger partial charge in [0.1, 0.15) is 5.75 Å². The first kappa shape index (κ1) is 12.4. The number of amides is 1. The van der Waals surface area contributed by atoms with Crippen LogP contribution in [0.2, 0.25) is 5.15 Å². The molecule has 1 aromatic heterocycles. The average molecular weight is 263 g/mol. The summed E-state index contributed by atoms with van der Waals surface area (Å²) in [5, 5.41) is 2.95. The first-order valence-corrected chi connectivity index (χ1v) is 5.64. The summed E-state index contributed by atoms with van der Waals surface area (Å²) < 4.78 is 5.02. The van der Waals surface area contributed by atoms with Gasteiger partial charge in [0.25, 0.3) is 5.91 Å². The molecule has 1 N–H and O–H groups in total. The lowest BCUT2D eigenvalue weighted by molar-refractivity contribution is 0.102. The van der Waals surface area contributed by atoms with E-state index in [4.69, 9.17) is 16.3 Å². The predicted molar refractivity (Wildman–Crippen MR) is 70.2 cm³/mol. The minimum absolute atomic E-state index is 0.243. The Labute approximate surface area is 110 Å². The molecule has 1 amide bonds. The minimum Gasteiger partial charge on any atom is -0.497 e. The molecule has 18 heavy (non-hydrogen) atoms. The van der Waals surface area contributed by atoms with Crippen LogP contribution in [0.5, 0.6) is 5.75 Å². The highest BCUT2D eigenvalue weighted by molar-refractivity contribution is 6.32. The normalized spacial score (nSPS) is 9.89. The van der Waals surface area contributed by atoms with Crippen molar-refractivity contribution in [3.8, 4) is 5.75 Å². The van der Waals surface area contributed by atoms with E-state index in [-0.39, 0.29) is 11.1 Å². The Kier molecular flexibility index (Phi) is 3.79. The van der Waals surface area contributed by atoms with E-state index in [2.05, 4.69) is 10.3 Å². The molecule has 0 bridgehead atoms. The van der Waals surface area contributed by atoms with Gasteiger partial charge in [0.05, 0.1) is 12.8 Å². The number of ether oxygens (including phenoxy) is 1. The fourth-order valence-electron chi connectivity index (χ4n) is 1.42. The molecule has 92 valence electrons. The zero-order chi connectivity index (χ0) is 13.0. The number of benzene rings is 1. The Morgan fingerprint density at radius 3 is 2.61 bits per heavy atom. The molecule has 5 heteroatoms. The van der Waals surface area contributed by atoms with Crippen LogP contribution in [0.25, 0.3) is 0 Å². The highest BCUT2D eigenvalue weighted by Gasteiger charge is 2.08. The molecule has 1 aromatic carbocycles. The molecular formula is C13H11ClN2O2. The summed E-state index contributed by atoms with van der Waals surface area (Å²) in [6.07, 6.45) is 1.56. The van der Waals surface area contributed by atoms with E-state index in [1.807, 2.05) is 0 Å². The lowest BCUT2D eigenvalue weighted by atomic mass is 10.2. The maximum Gasteiger partial charge on any atom is 0.255 e. The largest absolute Gasteiger partial charge is 0.497 e. The Hall–Kier alpha value is -2.07. The van der Waals surface area contributed by atoms with Crippen molar-refractivity contribution in [2.24, 2.45) is 0 Å². The van der Waals surface area contributed by atoms with E-state index < -0.39 is 0 Å². The fourth-order valence-corrected chi connectivity index (χ4v) is 1.58. The van der Waals surface area contributed by atoms with E-state index in [1.165, 1.54) is 0 Å². The summed E-state index contributed by atoms with van der Waals surface area (Å²) >= 11 is 5.86. The van der Waals surface area contributed by atoms with Crippen LogP contribution >= 0.6 is 11.6 Å². The first-order valence-electron chi connectivity index (χ1n) is 5.26. The maximum atomic E-state index is 11.9. The molecule has 0 atom stereocenters. The van der Waals surface area contributed by atoms with E-state index in [0.29, 0.717) is 17.0 Å². The van der Waals surface area contributed by atoms with Crippen LogP contribution in [-0.4, -0.2) is 18.0 Å². The summed E-state index contributed by atoms with van der Waals surface area (Å²) in [6, 6.07) is 10.2. The van der Waals surface area contributed by atoms with Gasteiger partial charge in [-0.15, -0.1) is 0 Å². The monoisotopic (exact) mass is 262 g/mol. The number of pyridine rings is 1. The number of methoxy groups -OCH3 is 1. The van der Waals surface area contributed by atoms with Gasteiger partial charge < -0.3 is 10.1 Å². The molecule has 0 radical (unpaired) electrons. The SMILES string of the molecule is COc1ccc(C(=O)Nc2cccnc2Cl)cc1. The molecule has 0 saturated heterocycles. The molecule has 2 rings (SSSR count). The number of anilines is 1. The van der Waals surface area contributed by atoms with Gasteiger partial charge in [0.2, 0.25) is 0 Å². The standard InChI is InChI=1S/C13H11ClN2O2/c1-18-10-6-4-9(5-7-10)13(17)16-11-3-2-8-15-12(11)14/h2-8H,1H3,(H,16,17). The van der Waals surface area contributed by atoms with Crippen molar-refractivity contribution < 1.29 is 9.53 Å². The number of carbonyl (C=O) groups is 1. The van der Waals surface area contributed by atoms with Gasteiger partial charge in [-0.3, -0.25) is 4.79 Å². The van der Waals surface area contributed by atoms with Crippen LogP contribution in [0, 0.1) is 0 Å². The van der Waals surface area contributed by atoms with Crippen LogP contribution < -0.4 is 10.1 Å². The molecule has 4 nitrogen and oxygen atoms in total. The predicted octanol–water partition coefficient (Wildman–Crippen LogP) is 3.00. The summed E-state index contributed by atoms with van der Waals surface area (Å²) in [5.41, 5.74) is 1.01. The van der Waals surface area contributed by atoms with E-state index in [1.54, 1.807) is 49.7 Å². The van der Waals surface area contributed by atoms with Crippen molar-refractivity contribution in [1.82, 2.24) is 4.98 Å². The molecule has 0 aliphatic rings. The molecule has 0 aliphatic heterocycles. The van der Waals surface area contributed by atoms with Crippen molar-refractivity contribution in [2.75, 3.05) is 12.4 Å². The highest BCUT2D eigenvalue weighted by Crippen LogP contribution is 2.19. The summed E-state index contributed by atoms with van der Waals surface area (Å²) in [5.74, 6) is 0.457. The molecule has 2 aromatic rings. The van der Waals surface area contributed by atoms with Gasteiger partial charge in [-0.2, -0.15) is 0 Å². The first-order chi connectivity index (χ1) is 8.70. The van der Waals surface area contributed by atoms with Crippen molar-refractivity contribution in [2.45, 2.75) is 0 Å². The van der Waals surface area contributed by atoms with Gasteiger partial charge in [-0.25, -0.2) is 4.98 Å². The van der Waals surface area contributed by atoms with Crippen LogP contribution in [0.4, 0.5) is 5.69 Å². The smallest absolute Gasteiger partial charge is 0.255 e. The molecule has 0 fully saturated rings. The second-order valence-corrected chi connectivity index (χ2v) is 3.88. The third-order valence-electron chi connectivity index (χ3n) is 2.36. The van der Waals surface area contributed by atoms with Crippen LogP contribution in [0.3, 0.4) is 0 Å². The second-order valence-electron chi connectivity index (χ2n) is 3.52. The molecule has 0 unspecified atom stereocenters. The number of aromatic nitrogens is 1. The Morgan fingerprint density at radius 1 is 1.28 bits per heavy atom. The number of halogens is 1.